The van der Waals surface area contributed by atoms with Gasteiger partial charge >= 0.3 is 5.97 Å². The first-order valence-corrected chi connectivity index (χ1v) is 11.3. The van der Waals surface area contributed by atoms with Gasteiger partial charge in [-0.1, -0.05) is 38.1 Å². The van der Waals surface area contributed by atoms with Crippen LogP contribution in [0.5, 0.6) is 0 Å². The lowest BCUT2D eigenvalue weighted by molar-refractivity contribution is -0.123. The van der Waals surface area contributed by atoms with Crippen LogP contribution in [0.3, 0.4) is 0 Å². The highest BCUT2D eigenvalue weighted by atomic mass is 32.2. The Morgan fingerprint density at radius 1 is 1.10 bits per heavy atom. The summed E-state index contributed by atoms with van der Waals surface area (Å²) in [6.07, 6.45) is 0.944. The van der Waals surface area contributed by atoms with Crippen molar-refractivity contribution >= 4 is 27.4 Å². The lowest BCUT2D eigenvalue weighted by Crippen LogP contribution is -2.30. The predicted molar refractivity (Wildman–Crippen MR) is 113 cm³/mol. The van der Waals surface area contributed by atoms with Gasteiger partial charge in [-0.2, -0.15) is 0 Å². The van der Waals surface area contributed by atoms with Gasteiger partial charge in [-0.05, 0) is 55.5 Å². The van der Waals surface area contributed by atoms with Gasteiger partial charge in [0.2, 0.25) is 0 Å². The smallest absolute Gasteiger partial charge is 0.339 e. The van der Waals surface area contributed by atoms with Crippen molar-refractivity contribution < 1.29 is 22.7 Å². The van der Waals surface area contributed by atoms with E-state index in [4.69, 9.17) is 4.74 Å². The first-order valence-electron chi connectivity index (χ1n) is 9.46. The summed E-state index contributed by atoms with van der Waals surface area (Å²) in [5, 5.41) is 2.82. The van der Waals surface area contributed by atoms with Crippen molar-refractivity contribution in [3.05, 3.63) is 59.2 Å². The fraction of sp³-hybridized carbons (Fsp3) is 0.364. The molecule has 7 heteroatoms. The third-order valence-corrected chi connectivity index (χ3v) is 5.98. The molecule has 2 atom stereocenters. The van der Waals surface area contributed by atoms with Gasteiger partial charge in [0, 0.05) is 11.9 Å². The molecule has 1 N–H and O–H groups in total. The zero-order chi connectivity index (χ0) is 21.8. The first kappa shape index (κ1) is 22.6. The maximum atomic E-state index is 12.6. The molecule has 2 aromatic carbocycles. The number of benzene rings is 2. The second kappa shape index (κ2) is 9.22. The SMILES string of the molecule is CC[C@H](C)c1ccccc1NC(=O)[C@H](C)OC(=O)c1cc(S(C)(=O)=O)ccc1C. The summed E-state index contributed by atoms with van der Waals surface area (Å²) in [6.45, 7) is 7.30. The van der Waals surface area contributed by atoms with Gasteiger partial charge in [0.05, 0.1) is 10.5 Å². The van der Waals surface area contributed by atoms with Crippen LogP contribution < -0.4 is 5.32 Å². The Morgan fingerprint density at radius 3 is 2.38 bits per heavy atom. The molecule has 0 aliphatic rings. The number of sulfone groups is 1. The van der Waals surface area contributed by atoms with E-state index in [0.29, 0.717) is 11.3 Å². The van der Waals surface area contributed by atoms with E-state index < -0.39 is 27.8 Å². The van der Waals surface area contributed by atoms with Crippen molar-refractivity contribution in [2.75, 3.05) is 11.6 Å². The van der Waals surface area contributed by atoms with Gasteiger partial charge < -0.3 is 10.1 Å². The quantitative estimate of drug-likeness (QED) is 0.685. The number of para-hydroxylation sites is 1. The van der Waals surface area contributed by atoms with Crippen molar-refractivity contribution in [2.24, 2.45) is 0 Å². The third kappa shape index (κ3) is 5.67. The fourth-order valence-corrected chi connectivity index (χ4v) is 3.47. The number of ether oxygens (including phenoxy) is 1. The van der Waals surface area contributed by atoms with Gasteiger partial charge in [-0.25, -0.2) is 13.2 Å². The zero-order valence-electron chi connectivity index (χ0n) is 17.4. The second-order valence-corrected chi connectivity index (χ2v) is 9.20. The molecule has 6 nitrogen and oxygen atoms in total. The topological polar surface area (TPSA) is 89.5 Å². The molecule has 0 saturated heterocycles. The Morgan fingerprint density at radius 2 is 1.76 bits per heavy atom. The number of carbonyl (C=O) groups is 2. The maximum absolute atomic E-state index is 12.6. The highest BCUT2D eigenvalue weighted by Gasteiger charge is 2.22. The Labute approximate surface area is 172 Å². The summed E-state index contributed by atoms with van der Waals surface area (Å²) in [5.41, 5.74) is 2.38. The number of rotatable bonds is 7. The van der Waals surface area contributed by atoms with E-state index in [2.05, 4.69) is 19.2 Å². The van der Waals surface area contributed by atoms with Crippen LogP contribution in [-0.2, 0) is 19.4 Å². The van der Waals surface area contributed by atoms with Crippen LogP contribution in [0.25, 0.3) is 0 Å². The molecular formula is C22H27NO5S. The fourth-order valence-electron chi connectivity index (χ4n) is 2.82. The van der Waals surface area contributed by atoms with E-state index in [1.165, 1.54) is 19.1 Å². The number of hydrogen-bond acceptors (Lipinski definition) is 5. The molecule has 156 valence electrons. The first-order chi connectivity index (χ1) is 13.5. The van der Waals surface area contributed by atoms with Crippen LogP contribution in [0.4, 0.5) is 5.69 Å². The number of esters is 1. The van der Waals surface area contributed by atoms with Crippen molar-refractivity contribution in [1.29, 1.82) is 0 Å². The molecule has 1 amide bonds. The number of nitrogens with one attached hydrogen (secondary N) is 1. The van der Waals surface area contributed by atoms with Crippen LogP contribution in [0.2, 0.25) is 0 Å². The molecule has 29 heavy (non-hydrogen) atoms. The van der Waals surface area contributed by atoms with Crippen LogP contribution in [0, 0.1) is 6.92 Å². The van der Waals surface area contributed by atoms with Crippen molar-refractivity contribution in [1.82, 2.24) is 0 Å². The van der Waals surface area contributed by atoms with Crippen LogP contribution >= 0.6 is 0 Å². The van der Waals surface area contributed by atoms with Crippen molar-refractivity contribution in [3.8, 4) is 0 Å². The molecule has 0 fully saturated rings. The molecule has 2 aromatic rings. The van der Waals surface area contributed by atoms with Gasteiger partial charge in [0.1, 0.15) is 0 Å². The second-order valence-electron chi connectivity index (χ2n) is 7.18. The molecule has 0 aliphatic carbocycles. The number of aryl methyl sites for hydroxylation is 1. The van der Waals surface area contributed by atoms with Crippen LogP contribution in [-0.4, -0.2) is 32.7 Å². The van der Waals surface area contributed by atoms with Gasteiger partial charge in [-0.15, -0.1) is 0 Å². The maximum Gasteiger partial charge on any atom is 0.339 e. The molecule has 0 aromatic heterocycles. The van der Waals surface area contributed by atoms with Gasteiger partial charge in [-0.3, -0.25) is 4.79 Å². The molecule has 0 heterocycles. The number of anilines is 1. The molecular weight excluding hydrogens is 390 g/mol. The minimum Gasteiger partial charge on any atom is -0.449 e. The summed E-state index contributed by atoms with van der Waals surface area (Å²) < 4.78 is 28.8. The summed E-state index contributed by atoms with van der Waals surface area (Å²) in [5.74, 6) is -0.928. The molecule has 2 rings (SSSR count). The molecule has 0 radical (unpaired) electrons. The summed E-state index contributed by atoms with van der Waals surface area (Å²) >= 11 is 0. The average Bonchev–Trinajstić information content (AvgIpc) is 2.67. The highest BCUT2D eigenvalue weighted by Crippen LogP contribution is 2.26. The van der Waals surface area contributed by atoms with Gasteiger partial charge in [0.25, 0.3) is 5.91 Å². The van der Waals surface area contributed by atoms with Crippen LogP contribution in [0.1, 0.15) is 54.6 Å². The van der Waals surface area contributed by atoms with Crippen molar-refractivity contribution in [2.45, 2.75) is 51.0 Å². The standard InChI is InChI=1S/C22H27NO5S/c1-6-14(2)18-9-7-8-10-20(18)23-21(24)16(4)28-22(25)19-13-17(29(5,26)27)12-11-15(19)3/h7-14,16H,6H2,1-5H3,(H,23,24)/t14-,16-/m0/s1. The van der Waals surface area contributed by atoms with E-state index in [1.807, 2.05) is 24.3 Å². The molecule has 0 bridgehead atoms. The number of hydrogen-bond donors (Lipinski definition) is 1. The van der Waals surface area contributed by atoms with Crippen LogP contribution in [0.15, 0.2) is 47.4 Å². The monoisotopic (exact) mass is 417 g/mol. The number of amides is 1. The zero-order valence-corrected chi connectivity index (χ0v) is 18.2. The largest absolute Gasteiger partial charge is 0.449 e. The third-order valence-electron chi connectivity index (χ3n) is 4.87. The normalized spacial score (nSPS) is 13.4. The summed E-state index contributed by atoms with van der Waals surface area (Å²) in [4.78, 5) is 25.1. The molecule has 0 aliphatic heterocycles. The van der Waals surface area contributed by atoms with E-state index in [1.54, 1.807) is 13.0 Å². The van der Waals surface area contributed by atoms with E-state index in [9.17, 15) is 18.0 Å². The van der Waals surface area contributed by atoms with E-state index in [0.717, 1.165) is 18.2 Å². The highest BCUT2D eigenvalue weighted by molar-refractivity contribution is 7.90. The lowest BCUT2D eigenvalue weighted by atomic mass is 9.97. The predicted octanol–water partition coefficient (Wildman–Crippen LogP) is 4.10. The molecule has 0 unspecified atom stereocenters. The molecule has 0 spiro atoms. The minimum atomic E-state index is -3.46. The Bertz CT molecular complexity index is 1010. The Hall–Kier alpha value is -2.67. The summed E-state index contributed by atoms with van der Waals surface area (Å²) in [7, 11) is -3.46. The van der Waals surface area contributed by atoms with Gasteiger partial charge in [0.15, 0.2) is 15.9 Å². The Balaban J connectivity index is 2.16. The van der Waals surface area contributed by atoms with E-state index in [-0.39, 0.29) is 16.4 Å². The Kier molecular flexibility index (Phi) is 7.19. The molecule has 0 saturated carbocycles. The lowest BCUT2D eigenvalue weighted by Gasteiger charge is -2.18. The minimum absolute atomic E-state index is 0.0228. The van der Waals surface area contributed by atoms with E-state index >= 15 is 0 Å². The average molecular weight is 418 g/mol. The van der Waals surface area contributed by atoms with Crippen molar-refractivity contribution in [3.63, 3.8) is 0 Å². The summed E-state index contributed by atoms with van der Waals surface area (Å²) in [6, 6.07) is 11.8. The number of carbonyl (C=O) groups excluding carboxylic acids is 2.